The van der Waals surface area contributed by atoms with Crippen LogP contribution in [0.5, 0.6) is 0 Å². The molecule has 1 amide bonds. The summed E-state index contributed by atoms with van der Waals surface area (Å²) in [6.45, 7) is 2.21. The number of hydrogen-bond donors (Lipinski definition) is 2. The number of nitrogens with one attached hydrogen (secondary N) is 1. The van der Waals surface area contributed by atoms with E-state index in [2.05, 4.69) is 12.2 Å². The molecule has 1 aromatic carbocycles. The molecule has 0 fully saturated rings. The van der Waals surface area contributed by atoms with Gasteiger partial charge in [-0.25, -0.2) is 0 Å². The predicted molar refractivity (Wildman–Crippen MR) is 93.6 cm³/mol. The third-order valence-corrected chi connectivity index (χ3v) is 3.87. The van der Waals surface area contributed by atoms with Crippen LogP contribution in [0.1, 0.15) is 70.3 Å². The van der Waals surface area contributed by atoms with E-state index in [1.807, 2.05) is 24.3 Å². The minimum Gasteiger partial charge on any atom is -0.481 e. The van der Waals surface area contributed by atoms with Gasteiger partial charge in [-0.1, -0.05) is 57.6 Å². The van der Waals surface area contributed by atoms with Crippen LogP contribution in [-0.2, 0) is 16.0 Å². The molecule has 2 N–H and O–H groups in total. The highest BCUT2D eigenvalue weighted by atomic mass is 16.4. The summed E-state index contributed by atoms with van der Waals surface area (Å²) < 4.78 is 0. The fourth-order valence-electron chi connectivity index (χ4n) is 2.47. The van der Waals surface area contributed by atoms with E-state index < -0.39 is 5.97 Å². The van der Waals surface area contributed by atoms with E-state index in [4.69, 9.17) is 5.11 Å². The second-order valence-electron chi connectivity index (χ2n) is 6.01. The van der Waals surface area contributed by atoms with Crippen LogP contribution < -0.4 is 5.32 Å². The Morgan fingerprint density at radius 2 is 1.52 bits per heavy atom. The highest BCUT2D eigenvalue weighted by molar-refractivity contribution is 5.90. The van der Waals surface area contributed by atoms with Crippen molar-refractivity contribution < 1.29 is 14.7 Å². The maximum absolute atomic E-state index is 11.9. The summed E-state index contributed by atoms with van der Waals surface area (Å²) in [5.74, 6) is -0.742. The Labute approximate surface area is 139 Å². The summed E-state index contributed by atoms with van der Waals surface area (Å²) in [4.78, 5) is 22.4. The van der Waals surface area contributed by atoms with Crippen LogP contribution in [0.3, 0.4) is 0 Å². The highest BCUT2D eigenvalue weighted by Gasteiger charge is 2.03. The van der Waals surface area contributed by atoms with E-state index in [1.54, 1.807) is 0 Å². The van der Waals surface area contributed by atoms with Crippen molar-refractivity contribution in [1.82, 2.24) is 0 Å². The van der Waals surface area contributed by atoms with Crippen LogP contribution in [-0.4, -0.2) is 17.0 Å². The van der Waals surface area contributed by atoms with Crippen LogP contribution in [0, 0.1) is 0 Å². The monoisotopic (exact) mass is 319 g/mol. The van der Waals surface area contributed by atoms with Crippen molar-refractivity contribution in [1.29, 1.82) is 0 Å². The SMILES string of the molecule is CCCCCCCCCC(=O)Nc1ccc(CCC(=O)O)cc1. The van der Waals surface area contributed by atoms with Gasteiger partial charge in [0.15, 0.2) is 0 Å². The molecule has 4 nitrogen and oxygen atoms in total. The van der Waals surface area contributed by atoms with Gasteiger partial charge in [0, 0.05) is 18.5 Å². The number of hydrogen-bond acceptors (Lipinski definition) is 2. The third-order valence-electron chi connectivity index (χ3n) is 3.87. The molecule has 0 spiro atoms. The van der Waals surface area contributed by atoms with Gasteiger partial charge in [0.1, 0.15) is 0 Å². The van der Waals surface area contributed by atoms with E-state index >= 15 is 0 Å². The zero-order chi connectivity index (χ0) is 16.9. The summed E-state index contributed by atoms with van der Waals surface area (Å²) in [6.07, 6.45) is 9.62. The smallest absolute Gasteiger partial charge is 0.303 e. The molecular weight excluding hydrogens is 290 g/mol. The number of carboxylic acid groups (broad SMARTS) is 1. The largest absolute Gasteiger partial charge is 0.481 e. The molecule has 0 heterocycles. The standard InChI is InChI=1S/C19H29NO3/c1-2-3-4-5-6-7-8-9-18(21)20-17-13-10-16(11-14-17)12-15-19(22)23/h10-11,13-14H,2-9,12,15H2,1H3,(H,20,21)(H,22,23). The lowest BCUT2D eigenvalue weighted by Crippen LogP contribution is -2.11. The molecule has 4 heteroatoms. The molecule has 23 heavy (non-hydrogen) atoms. The van der Waals surface area contributed by atoms with Crippen LogP contribution in [0.25, 0.3) is 0 Å². The topological polar surface area (TPSA) is 66.4 Å². The van der Waals surface area contributed by atoms with Gasteiger partial charge in [-0.2, -0.15) is 0 Å². The van der Waals surface area contributed by atoms with Crippen LogP contribution in [0.2, 0.25) is 0 Å². The van der Waals surface area contributed by atoms with Gasteiger partial charge >= 0.3 is 5.97 Å². The molecule has 1 rings (SSSR count). The van der Waals surface area contributed by atoms with Crippen LogP contribution >= 0.6 is 0 Å². The molecule has 0 aliphatic rings. The number of unbranched alkanes of at least 4 members (excludes halogenated alkanes) is 6. The van der Waals surface area contributed by atoms with Crippen LogP contribution in [0.15, 0.2) is 24.3 Å². The minimum atomic E-state index is -0.794. The molecule has 0 aliphatic carbocycles. The second-order valence-corrected chi connectivity index (χ2v) is 6.01. The first-order valence-electron chi connectivity index (χ1n) is 8.72. The summed E-state index contributed by atoms with van der Waals surface area (Å²) in [5, 5.41) is 11.5. The van der Waals surface area contributed by atoms with E-state index in [0.29, 0.717) is 12.8 Å². The normalized spacial score (nSPS) is 10.5. The number of aliphatic carboxylic acids is 1. The molecule has 0 aliphatic heterocycles. The molecule has 1 aromatic rings. The Kier molecular flexibility index (Phi) is 9.76. The molecule has 0 saturated carbocycles. The Morgan fingerprint density at radius 3 is 2.13 bits per heavy atom. The van der Waals surface area contributed by atoms with Gasteiger partial charge in [0.25, 0.3) is 0 Å². The highest BCUT2D eigenvalue weighted by Crippen LogP contribution is 2.13. The fourth-order valence-corrected chi connectivity index (χ4v) is 2.47. The van der Waals surface area contributed by atoms with E-state index in [0.717, 1.165) is 24.1 Å². The average molecular weight is 319 g/mol. The summed E-state index contributed by atoms with van der Waals surface area (Å²) in [6, 6.07) is 7.40. The molecule has 0 aromatic heterocycles. The van der Waals surface area contributed by atoms with Crippen molar-refractivity contribution in [2.75, 3.05) is 5.32 Å². The van der Waals surface area contributed by atoms with Crippen molar-refractivity contribution >= 4 is 17.6 Å². The molecule has 0 saturated heterocycles. The molecular formula is C19H29NO3. The number of rotatable bonds is 12. The average Bonchev–Trinajstić information content (AvgIpc) is 2.53. The third kappa shape index (κ3) is 9.72. The molecule has 0 bridgehead atoms. The zero-order valence-electron chi connectivity index (χ0n) is 14.1. The van der Waals surface area contributed by atoms with Crippen molar-refractivity contribution in [3.05, 3.63) is 29.8 Å². The first kappa shape index (κ1) is 19.2. The molecule has 0 atom stereocenters. The number of carbonyl (C=O) groups is 2. The summed E-state index contributed by atoms with van der Waals surface area (Å²) in [5.41, 5.74) is 1.74. The number of carboxylic acids is 1. The predicted octanol–water partition coefficient (Wildman–Crippen LogP) is 4.78. The summed E-state index contributed by atoms with van der Waals surface area (Å²) in [7, 11) is 0. The van der Waals surface area contributed by atoms with Gasteiger partial charge in [-0.05, 0) is 30.5 Å². The second kappa shape index (κ2) is 11.7. The zero-order valence-corrected chi connectivity index (χ0v) is 14.1. The van der Waals surface area contributed by atoms with Gasteiger partial charge < -0.3 is 10.4 Å². The van der Waals surface area contributed by atoms with E-state index in [-0.39, 0.29) is 12.3 Å². The van der Waals surface area contributed by atoms with Crippen molar-refractivity contribution in [3.63, 3.8) is 0 Å². The van der Waals surface area contributed by atoms with Crippen molar-refractivity contribution in [2.24, 2.45) is 0 Å². The van der Waals surface area contributed by atoms with Gasteiger partial charge in [-0.3, -0.25) is 9.59 Å². The minimum absolute atomic E-state index is 0.0526. The Hall–Kier alpha value is -1.84. The lowest BCUT2D eigenvalue weighted by molar-refractivity contribution is -0.137. The number of carbonyl (C=O) groups excluding carboxylic acids is 1. The Bertz CT molecular complexity index is 468. The number of aryl methyl sites for hydroxylation is 1. The first-order chi connectivity index (χ1) is 11.1. The fraction of sp³-hybridized carbons (Fsp3) is 0.579. The van der Waals surface area contributed by atoms with Crippen LogP contribution in [0.4, 0.5) is 5.69 Å². The van der Waals surface area contributed by atoms with E-state index in [1.165, 1.54) is 32.1 Å². The number of amides is 1. The maximum atomic E-state index is 11.9. The van der Waals surface area contributed by atoms with Gasteiger partial charge in [0.2, 0.25) is 5.91 Å². The quantitative estimate of drug-likeness (QED) is 0.545. The number of anilines is 1. The Morgan fingerprint density at radius 1 is 0.913 bits per heavy atom. The molecule has 0 radical (unpaired) electrons. The van der Waals surface area contributed by atoms with E-state index in [9.17, 15) is 9.59 Å². The maximum Gasteiger partial charge on any atom is 0.303 e. The Balaban J connectivity index is 2.17. The first-order valence-corrected chi connectivity index (χ1v) is 8.72. The molecule has 0 unspecified atom stereocenters. The lowest BCUT2D eigenvalue weighted by Gasteiger charge is -2.06. The van der Waals surface area contributed by atoms with Crippen molar-refractivity contribution in [3.8, 4) is 0 Å². The lowest BCUT2D eigenvalue weighted by atomic mass is 10.1. The molecule has 128 valence electrons. The summed E-state index contributed by atoms with van der Waals surface area (Å²) >= 11 is 0. The van der Waals surface area contributed by atoms with Gasteiger partial charge in [-0.15, -0.1) is 0 Å². The van der Waals surface area contributed by atoms with Gasteiger partial charge in [0.05, 0.1) is 0 Å². The van der Waals surface area contributed by atoms with Crippen molar-refractivity contribution in [2.45, 2.75) is 71.1 Å². The number of benzene rings is 1.